The third-order valence-corrected chi connectivity index (χ3v) is 3.57. The molecular weight excluding hydrogens is 254 g/mol. The van der Waals surface area contributed by atoms with Crippen molar-refractivity contribution in [3.63, 3.8) is 0 Å². The number of allylic oxidation sites excluding steroid dienone is 4. The third kappa shape index (κ3) is 4.46. The summed E-state index contributed by atoms with van der Waals surface area (Å²) in [6.45, 7) is 6.28. The highest BCUT2D eigenvalue weighted by molar-refractivity contribution is 5.98. The van der Waals surface area contributed by atoms with Crippen LogP contribution in [0.5, 0.6) is 0 Å². The second-order valence-electron chi connectivity index (χ2n) is 5.36. The van der Waals surface area contributed by atoms with E-state index >= 15 is 0 Å². The molecular formula is C20H23N. The number of hydrogen-bond acceptors (Lipinski definition) is 1. The molecule has 0 saturated heterocycles. The summed E-state index contributed by atoms with van der Waals surface area (Å²) in [6, 6.07) is 8.43. The molecule has 0 spiro atoms. The molecule has 2 rings (SSSR count). The van der Waals surface area contributed by atoms with E-state index in [1.165, 1.54) is 16.7 Å². The predicted octanol–water partition coefficient (Wildman–Crippen LogP) is 5.19. The summed E-state index contributed by atoms with van der Waals surface area (Å²) in [5.41, 5.74) is 4.87. The van der Waals surface area contributed by atoms with Crippen molar-refractivity contribution in [2.24, 2.45) is 4.99 Å². The highest BCUT2D eigenvalue weighted by Gasteiger charge is 2.10. The Kier molecular flexibility index (Phi) is 5.58. The largest absolute Gasteiger partial charge is 0.269 e. The van der Waals surface area contributed by atoms with E-state index < -0.39 is 0 Å². The van der Waals surface area contributed by atoms with Gasteiger partial charge in [-0.3, -0.25) is 4.99 Å². The van der Waals surface area contributed by atoms with Crippen molar-refractivity contribution >= 4 is 5.71 Å². The summed E-state index contributed by atoms with van der Waals surface area (Å²) < 4.78 is 0. The molecule has 21 heavy (non-hydrogen) atoms. The van der Waals surface area contributed by atoms with Crippen LogP contribution in [0.4, 0.5) is 0 Å². The number of rotatable bonds is 3. The summed E-state index contributed by atoms with van der Waals surface area (Å²) in [6.07, 6.45) is 9.54. The van der Waals surface area contributed by atoms with E-state index in [-0.39, 0.29) is 6.04 Å². The highest BCUT2D eigenvalue weighted by atomic mass is 14.8. The molecule has 0 aromatic heterocycles. The maximum absolute atomic E-state index is 4.89. The van der Waals surface area contributed by atoms with Gasteiger partial charge in [-0.25, -0.2) is 0 Å². The SMILES string of the molecule is CCC#CC(N=C(C)C1=CC=CCC1)c1cccc(C)c1. The van der Waals surface area contributed by atoms with Crippen LogP contribution in [0.2, 0.25) is 0 Å². The van der Waals surface area contributed by atoms with Crippen LogP contribution in [0.1, 0.15) is 50.3 Å². The first kappa shape index (κ1) is 15.3. The van der Waals surface area contributed by atoms with Gasteiger partial charge < -0.3 is 0 Å². The summed E-state index contributed by atoms with van der Waals surface area (Å²) in [5, 5.41) is 0. The fourth-order valence-corrected chi connectivity index (χ4v) is 2.41. The van der Waals surface area contributed by atoms with E-state index in [1.807, 2.05) is 0 Å². The number of aryl methyl sites for hydroxylation is 1. The molecule has 1 aliphatic rings. The third-order valence-electron chi connectivity index (χ3n) is 3.57. The Morgan fingerprint density at radius 2 is 2.24 bits per heavy atom. The fourth-order valence-electron chi connectivity index (χ4n) is 2.41. The lowest BCUT2D eigenvalue weighted by atomic mass is 10.00. The van der Waals surface area contributed by atoms with Crippen LogP contribution in [0.25, 0.3) is 0 Å². The summed E-state index contributed by atoms with van der Waals surface area (Å²) >= 11 is 0. The van der Waals surface area contributed by atoms with Gasteiger partial charge in [-0.2, -0.15) is 0 Å². The van der Waals surface area contributed by atoms with Crippen molar-refractivity contribution in [2.45, 2.75) is 46.1 Å². The first-order chi connectivity index (χ1) is 10.2. The Bertz CT molecular complexity index is 635. The van der Waals surface area contributed by atoms with Gasteiger partial charge in [-0.15, -0.1) is 5.92 Å². The van der Waals surface area contributed by atoms with E-state index in [9.17, 15) is 0 Å². The van der Waals surface area contributed by atoms with E-state index in [2.05, 4.69) is 75.1 Å². The van der Waals surface area contributed by atoms with Crippen molar-refractivity contribution in [3.05, 3.63) is 59.2 Å². The standard InChI is InChI=1S/C20H23N/c1-4-5-14-20(19-13-9-10-16(2)15-19)21-17(3)18-11-7-6-8-12-18/h6-7,9-11,13,15,20H,4,8,12H2,1-3H3. The summed E-state index contributed by atoms with van der Waals surface area (Å²) in [4.78, 5) is 4.89. The smallest absolute Gasteiger partial charge is 0.136 e. The van der Waals surface area contributed by atoms with E-state index in [0.29, 0.717) is 0 Å². The number of benzene rings is 1. The maximum Gasteiger partial charge on any atom is 0.136 e. The zero-order valence-electron chi connectivity index (χ0n) is 13.2. The van der Waals surface area contributed by atoms with Gasteiger partial charge in [0.25, 0.3) is 0 Å². The molecule has 1 nitrogen and oxygen atoms in total. The highest BCUT2D eigenvalue weighted by Crippen LogP contribution is 2.21. The molecule has 1 aliphatic carbocycles. The number of aliphatic imine (C=N–C) groups is 1. The minimum atomic E-state index is -0.0587. The average Bonchev–Trinajstić information content (AvgIpc) is 2.52. The lowest BCUT2D eigenvalue weighted by molar-refractivity contribution is 0.926. The topological polar surface area (TPSA) is 12.4 Å². The Labute approximate surface area is 128 Å². The van der Waals surface area contributed by atoms with Crippen molar-refractivity contribution in [3.8, 4) is 11.8 Å². The van der Waals surface area contributed by atoms with Crippen LogP contribution >= 0.6 is 0 Å². The molecule has 0 heterocycles. The van der Waals surface area contributed by atoms with Crippen LogP contribution in [0.15, 0.2) is 53.1 Å². The Hall–Kier alpha value is -2.07. The van der Waals surface area contributed by atoms with Gasteiger partial charge in [0.15, 0.2) is 0 Å². The molecule has 1 heteroatoms. The predicted molar refractivity (Wildman–Crippen MR) is 91.6 cm³/mol. The molecule has 108 valence electrons. The second-order valence-corrected chi connectivity index (χ2v) is 5.36. The fraction of sp³-hybridized carbons (Fsp3) is 0.350. The van der Waals surface area contributed by atoms with Crippen molar-refractivity contribution < 1.29 is 0 Å². The average molecular weight is 277 g/mol. The lowest BCUT2D eigenvalue weighted by Crippen LogP contribution is -2.03. The van der Waals surface area contributed by atoms with Gasteiger partial charge in [-0.05, 0) is 37.8 Å². The van der Waals surface area contributed by atoms with Gasteiger partial charge in [0, 0.05) is 12.1 Å². The maximum atomic E-state index is 4.89. The van der Waals surface area contributed by atoms with Gasteiger partial charge in [0.05, 0.1) is 0 Å². The number of hydrogen-bond donors (Lipinski definition) is 0. The Morgan fingerprint density at radius 1 is 1.38 bits per heavy atom. The Morgan fingerprint density at radius 3 is 2.90 bits per heavy atom. The van der Waals surface area contributed by atoms with E-state index in [4.69, 9.17) is 4.99 Å². The summed E-state index contributed by atoms with van der Waals surface area (Å²) in [5.74, 6) is 6.48. The first-order valence-electron chi connectivity index (χ1n) is 7.66. The molecule has 1 atom stereocenters. The zero-order valence-corrected chi connectivity index (χ0v) is 13.2. The molecule has 1 unspecified atom stereocenters. The lowest BCUT2D eigenvalue weighted by Gasteiger charge is -2.13. The first-order valence-corrected chi connectivity index (χ1v) is 7.66. The molecule has 0 N–H and O–H groups in total. The molecule has 0 radical (unpaired) electrons. The monoisotopic (exact) mass is 277 g/mol. The van der Waals surface area contributed by atoms with Gasteiger partial charge in [-0.1, -0.05) is 60.9 Å². The van der Waals surface area contributed by atoms with Crippen molar-refractivity contribution in [1.29, 1.82) is 0 Å². The van der Waals surface area contributed by atoms with Crippen LogP contribution in [0, 0.1) is 18.8 Å². The quantitative estimate of drug-likeness (QED) is 0.533. The molecule has 1 aromatic rings. The molecule has 0 aliphatic heterocycles. The number of nitrogens with zero attached hydrogens (tertiary/aromatic N) is 1. The van der Waals surface area contributed by atoms with Crippen molar-refractivity contribution in [2.75, 3.05) is 0 Å². The molecule has 0 amide bonds. The summed E-state index contributed by atoms with van der Waals surface area (Å²) in [7, 11) is 0. The Balaban J connectivity index is 2.32. The van der Waals surface area contributed by atoms with Gasteiger partial charge >= 0.3 is 0 Å². The van der Waals surface area contributed by atoms with E-state index in [0.717, 1.165) is 25.0 Å². The van der Waals surface area contributed by atoms with Crippen LogP contribution in [-0.4, -0.2) is 5.71 Å². The minimum absolute atomic E-state index is 0.0587. The molecule has 0 bridgehead atoms. The van der Waals surface area contributed by atoms with Crippen LogP contribution in [0.3, 0.4) is 0 Å². The molecule has 1 aromatic carbocycles. The minimum Gasteiger partial charge on any atom is -0.269 e. The molecule has 0 fully saturated rings. The molecule has 0 saturated carbocycles. The van der Waals surface area contributed by atoms with E-state index in [1.54, 1.807) is 0 Å². The van der Waals surface area contributed by atoms with Gasteiger partial charge in [0.1, 0.15) is 6.04 Å². The normalized spacial score (nSPS) is 16.0. The van der Waals surface area contributed by atoms with Gasteiger partial charge in [0.2, 0.25) is 0 Å². The zero-order chi connectivity index (χ0) is 15.1. The second kappa shape index (κ2) is 7.64. The van der Waals surface area contributed by atoms with Crippen molar-refractivity contribution in [1.82, 2.24) is 0 Å². The van der Waals surface area contributed by atoms with Crippen LogP contribution in [-0.2, 0) is 0 Å². The van der Waals surface area contributed by atoms with Crippen LogP contribution < -0.4 is 0 Å².